The van der Waals surface area contributed by atoms with Gasteiger partial charge in [0.25, 0.3) is 0 Å². The van der Waals surface area contributed by atoms with Crippen molar-refractivity contribution in [2.75, 3.05) is 0 Å². The normalized spacial score (nSPS) is 11.3. The van der Waals surface area contributed by atoms with Crippen LogP contribution in [0.2, 0.25) is 0 Å². The Morgan fingerprint density at radius 1 is 0.467 bits per heavy atom. The Morgan fingerprint density at radius 2 is 0.833 bits per heavy atom. The molecule has 1 heteroatoms. The lowest BCUT2D eigenvalue weighted by molar-refractivity contribution is -0.697. The maximum absolute atomic E-state index is 2.38. The van der Waals surface area contributed by atoms with Crippen LogP contribution >= 0.6 is 0 Å². The molecule has 1 heterocycles. The molecule has 0 aliphatic heterocycles. The molecule has 1 aromatic heterocycles. The molecular formula is C29H54N+. The predicted molar refractivity (Wildman–Crippen MR) is 134 cm³/mol. The van der Waals surface area contributed by atoms with Crippen LogP contribution in [0.5, 0.6) is 0 Å². The summed E-state index contributed by atoms with van der Waals surface area (Å²) in [4.78, 5) is 0. The first-order valence-electron chi connectivity index (χ1n) is 13.8. The van der Waals surface area contributed by atoms with Crippen LogP contribution in [-0.4, -0.2) is 0 Å². The van der Waals surface area contributed by atoms with Gasteiger partial charge in [-0.05, 0) is 24.8 Å². The first-order chi connectivity index (χ1) is 14.9. The Bertz CT molecular complexity index is 450. The number of nitrogens with zero attached hydrogens (tertiary/aromatic N) is 1. The lowest BCUT2D eigenvalue weighted by atomic mass is 10.0. The Morgan fingerprint density at radius 3 is 1.27 bits per heavy atom. The van der Waals surface area contributed by atoms with Gasteiger partial charge >= 0.3 is 0 Å². The topological polar surface area (TPSA) is 3.88 Å². The number of aryl methyl sites for hydroxylation is 2. The summed E-state index contributed by atoms with van der Waals surface area (Å²) in [7, 11) is 0. The van der Waals surface area contributed by atoms with Gasteiger partial charge < -0.3 is 0 Å². The first kappa shape index (κ1) is 27.2. The first-order valence-corrected chi connectivity index (χ1v) is 13.8. The van der Waals surface area contributed by atoms with Crippen molar-refractivity contribution in [3.05, 3.63) is 30.1 Å². The summed E-state index contributed by atoms with van der Waals surface area (Å²) in [5.41, 5.74) is 1.52. The van der Waals surface area contributed by atoms with Crippen molar-refractivity contribution in [3.8, 4) is 0 Å². The second kappa shape index (κ2) is 21.4. The number of pyridine rings is 1. The Kier molecular flexibility index (Phi) is 19.4. The number of hydrogen-bond donors (Lipinski definition) is 0. The van der Waals surface area contributed by atoms with Gasteiger partial charge in [-0.25, -0.2) is 4.57 Å². The van der Waals surface area contributed by atoms with Crippen molar-refractivity contribution >= 4 is 0 Å². The fourth-order valence-corrected chi connectivity index (χ4v) is 4.40. The molecule has 0 spiro atoms. The van der Waals surface area contributed by atoms with Gasteiger partial charge in [0.1, 0.15) is 6.54 Å². The second-order valence-corrected chi connectivity index (χ2v) is 9.56. The molecule has 0 aromatic carbocycles. The second-order valence-electron chi connectivity index (χ2n) is 9.56. The van der Waals surface area contributed by atoms with E-state index in [1.165, 1.54) is 147 Å². The van der Waals surface area contributed by atoms with Crippen molar-refractivity contribution in [1.82, 2.24) is 0 Å². The van der Waals surface area contributed by atoms with E-state index in [0.717, 1.165) is 0 Å². The molecule has 1 nitrogen and oxygen atoms in total. The van der Waals surface area contributed by atoms with Crippen LogP contribution in [0, 0.1) is 0 Å². The Balaban J connectivity index is 1.91. The molecule has 0 unspecified atom stereocenters. The zero-order chi connectivity index (χ0) is 21.5. The molecular weight excluding hydrogens is 362 g/mol. The third kappa shape index (κ3) is 16.9. The molecule has 1 rings (SSSR count). The van der Waals surface area contributed by atoms with E-state index in [0.29, 0.717) is 0 Å². The third-order valence-corrected chi connectivity index (χ3v) is 6.55. The van der Waals surface area contributed by atoms with Crippen LogP contribution in [0.4, 0.5) is 0 Å². The van der Waals surface area contributed by atoms with Crippen molar-refractivity contribution in [1.29, 1.82) is 0 Å². The smallest absolute Gasteiger partial charge is 0.169 e. The molecule has 0 atom stereocenters. The number of rotatable bonds is 22. The minimum Gasteiger partial charge on any atom is -0.205 e. The predicted octanol–water partition coefficient (Wildman–Crippen LogP) is 9.36. The largest absolute Gasteiger partial charge is 0.205 e. The molecule has 0 radical (unpaired) electrons. The molecule has 0 aliphatic carbocycles. The van der Waals surface area contributed by atoms with Crippen LogP contribution in [0.25, 0.3) is 0 Å². The number of hydrogen-bond acceptors (Lipinski definition) is 0. The summed E-state index contributed by atoms with van der Waals surface area (Å²) in [5.74, 6) is 0. The minimum absolute atomic E-state index is 1.19. The summed E-state index contributed by atoms with van der Waals surface area (Å²) < 4.78 is 2.38. The van der Waals surface area contributed by atoms with Crippen molar-refractivity contribution < 1.29 is 4.57 Å². The van der Waals surface area contributed by atoms with E-state index in [4.69, 9.17) is 0 Å². The van der Waals surface area contributed by atoms with Gasteiger partial charge in [-0.1, -0.05) is 123 Å². The molecule has 0 N–H and O–H groups in total. The summed E-state index contributed by atoms with van der Waals surface area (Å²) in [6.45, 7) is 5.78. The minimum atomic E-state index is 1.19. The zero-order valence-corrected chi connectivity index (χ0v) is 20.8. The quantitative estimate of drug-likeness (QED) is 0.131. The van der Waals surface area contributed by atoms with Gasteiger partial charge in [0, 0.05) is 18.6 Å². The van der Waals surface area contributed by atoms with Gasteiger partial charge in [0.15, 0.2) is 12.4 Å². The van der Waals surface area contributed by atoms with Crippen molar-refractivity contribution in [2.24, 2.45) is 0 Å². The molecule has 1 aromatic rings. The highest BCUT2D eigenvalue weighted by Gasteiger charge is 2.02. The molecule has 30 heavy (non-hydrogen) atoms. The van der Waals surface area contributed by atoms with E-state index in [9.17, 15) is 0 Å². The van der Waals surface area contributed by atoms with E-state index >= 15 is 0 Å². The lowest BCUT2D eigenvalue weighted by Crippen LogP contribution is -2.32. The molecule has 174 valence electrons. The average molecular weight is 417 g/mol. The van der Waals surface area contributed by atoms with E-state index in [-0.39, 0.29) is 0 Å². The third-order valence-electron chi connectivity index (χ3n) is 6.55. The maximum Gasteiger partial charge on any atom is 0.169 e. The summed E-state index contributed by atoms with van der Waals surface area (Å²) >= 11 is 0. The lowest BCUT2D eigenvalue weighted by Gasteiger charge is -2.04. The number of unbranched alkanes of at least 4 members (excludes halogenated alkanes) is 18. The Hall–Kier alpha value is -0.850. The zero-order valence-electron chi connectivity index (χ0n) is 20.8. The van der Waals surface area contributed by atoms with Gasteiger partial charge in [-0.3, -0.25) is 0 Å². The van der Waals surface area contributed by atoms with Crippen LogP contribution < -0.4 is 4.57 Å². The van der Waals surface area contributed by atoms with Crippen LogP contribution in [-0.2, 0) is 13.0 Å². The molecule has 0 bridgehead atoms. The van der Waals surface area contributed by atoms with Gasteiger partial charge in [-0.2, -0.15) is 0 Å². The van der Waals surface area contributed by atoms with Gasteiger partial charge in [0.05, 0.1) is 0 Å². The standard InChI is InChI=1S/C29H54N/c1-3-5-7-9-11-13-14-15-17-19-21-23-29-24-27-30(28-25-29)26-22-20-18-16-12-10-8-6-4-2/h24-25,27-28H,3-23,26H2,1-2H3/q+1. The Labute approximate surface area is 190 Å². The van der Waals surface area contributed by atoms with E-state index < -0.39 is 0 Å². The molecule has 0 aliphatic rings. The van der Waals surface area contributed by atoms with Crippen LogP contribution in [0.1, 0.15) is 148 Å². The summed E-state index contributed by atoms with van der Waals surface area (Å²) in [6, 6.07) is 4.70. The maximum atomic E-state index is 2.38. The highest BCUT2D eigenvalue weighted by Crippen LogP contribution is 2.13. The highest BCUT2D eigenvalue weighted by molar-refractivity contribution is 5.07. The van der Waals surface area contributed by atoms with E-state index in [2.05, 4.69) is 42.9 Å². The number of aromatic nitrogens is 1. The van der Waals surface area contributed by atoms with Crippen LogP contribution in [0.3, 0.4) is 0 Å². The van der Waals surface area contributed by atoms with Gasteiger partial charge in [-0.15, -0.1) is 0 Å². The summed E-state index contributed by atoms with van der Waals surface area (Å²) in [5, 5.41) is 0. The van der Waals surface area contributed by atoms with Crippen LogP contribution in [0.15, 0.2) is 24.5 Å². The van der Waals surface area contributed by atoms with Gasteiger partial charge in [0.2, 0.25) is 0 Å². The average Bonchev–Trinajstić information content (AvgIpc) is 2.77. The van der Waals surface area contributed by atoms with E-state index in [1.54, 1.807) is 0 Å². The summed E-state index contributed by atoms with van der Waals surface area (Å²) in [6.07, 6.45) is 34.3. The van der Waals surface area contributed by atoms with Crippen molar-refractivity contribution in [2.45, 2.75) is 155 Å². The van der Waals surface area contributed by atoms with Crippen molar-refractivity contribution in [3.63, 3.8) is 0 Å². The SMILES string of the molecule is CCCCCCCCCCCCCc1cc[n+](CCCCCCCCCCC)cc1. The van der Waals surface area contributed by atoms with E-state index in [1.807, 2.05) is 0 Å². The highest BCUT2D eigenvalue weighted by atomic mass is 14.9. The molecule has 0 fully saturated rings. The molecule has 0 saturated heterocycles. The fraction of sp³-hybridized carbons (Fsp3) is 0.828. The monoisotopic (exact) mass is 416 g/mol. The molecule has 0 amide bonds. The molecule has 0 saturated carbocycles. The fourth-order valence-electron chi connectivity index (χ4n) is 4.40.